The summed E-state index contributed by atoms with van der Waals surface area (Å²) in [5.41, 5.74) is 0. The number of esters is 1. The predicted octanol–water partition coefficient (Wildman–Crippen LogP) is 2.90. The number of nitrogens with zero attached hydrogens (tertiary/aromatic N) is 1. The van der Waals surface area contributed by atoms with Gasteiger partial charge in [0.1, 0.15) is 6.10 Å². The van der Waals surface area contributed by atoms with Crippen LogP contribution in [-0.2, 0) is 14.3 Å². The second-order valence-corrected chi connectivity index (χ2v) is 6.10. The molecular formula is C16H27NO3. The Morgan fingerprint density at radius 3 is 2.30 bits per heavy atom. The summed E-state index contributed by atoms with van der Waals surface area (Å²) in [6.07, 6.45) is 8.88. The lowest BCUT2D eigenvalue weighted by atomic mass is 9.95. The Labute approximate surface area is 121 Å². The summed E-state index contributed by atoms with van der Waals surface area (Å²) < 4.78 is 5.63. The lowest BCUT2D eigenvalue weighted by molar-refractivity contribution is -0.158. The van der Waals surface area contributed by atoms with Crippen LogP contribution in [0.4, 0.5) is 0 Å². The summed E-state index contributed by atoms with van der Waals surface area (Å²) >= 11 is 0. The minimum absolute atomic E-state index is 0.00241. The molecule has 1 heterocycles. The third-order valence-corrected chi connectivity index (χ3v) is 4.48. The van der Waals surface area contributed by atoms with E-state index in [9.17, 15) is 9.59 Å². The van der Waals surface area contributed by atoms with Gasteiger partial charge in [-0.05, 0) is 44.9 Å². The van der Waals surface area contributed by atoms with Gasteiger partial charge < -0.3 is 9.64 Å². The van der Waals surface area contributed by atoms with Crippen molar-refractivity contribution in [3.63, 3.8) is 0 Å². The number of piperidine rings is 1. The topological polar surface area (TPSA) is 46.6 Å². The van der Waals surface area contributed by atoms with Crippen molar-refractivity contribution in [1.29, 1.82) is 0 Å². The van der Waals surface area contributed by atoms with Gasteiger partial charge in [0.05, 0.1) is 5.92 Å². The zero-order valence-electron chi connectivity index (χ0n) is 12.6. The molecule has 0 aromatic carbocycles. The Hall–Kier alpha value is -1.06. The van der Waals surface area contributed by atoms with Crippen molar-refractivity contribution in [3.8, 4) is 0 Å². The van der Waals surface area contributed by atoms with Gasteiger partial charge >= 0.3 is 5.97 Å². The van der Waals surface area contributed by atoms with Gasteiger partial charge in [-0.25, -0.2) is 0 Å². The molecule has 1 aliphatic carbocycles. The highest BCUT2D eigenvalue weighted by atomic mass is 16.5. The number of carbonyl (C=O) groups excluding carboxylic acids is 2. The summed E-state index contributed by atoms with van der Waals surface area (Å²) in [6, 6.07) is 0. The molecule has 0 bridgehead atoms. The highest BCUT2D eigenvalue weighted by Gasteiger charge is 2.29. The molecule has 2 aliphatic rings. The van der Waals surface area contributed by atoms with Crippen LogP contribution in [0.25, 0.3) is 0 Å². The van der Waals surface area contributed by atoms with E-state index >= 15 is 0 Å². The van der Waals surface area contributed by atoms with E-state index in [1.165, 1.54) is 19.3 Å². The van der Waals surface area contributed by atoms with Crippen molar-refractivity contribution < 1.29 is 14.3 Å². The smallest absolute Gasteiger partial charge is 0.309 e. The molecule has 4 heteroatoms. The number of likely N-dealkylation sites (tertiary alicyclic amines) is 1. The summed E-state index contributed by atoms with van der Waals surface area (Å²) in [4.78, 5) is 25.8. The molecular weight excluding hydrogens is 254 g/mol. The van der Waals surface area contributed by atoms with Crippen LogP contribution in [0.3, 0.4) is 0 Å². The van der Waals surface area contributed by atoms with Gasteiger partial charge in [-0.1, -0.05) is 13.3 Å². The second kappa shape index (κ2) is 7.65. The average molecular weight is 281 g/mol. The first-order valence-electron chi connectivity index (χ1n) is 8.19. The highest BCUT2D eigenvalue weighted by Crippen LogP contribution is 2.24. The Morgan fingerprint density at radius 2 is 1.70 bits per heavy atom. The predicted molar refractivity (Wildman–Crippen MR) is 77.2 cm³/mol. The number of carbonyl (C=O) groups is 2. The Bertz CT molecular complexity index is 329. The van der Waals surface area contributed by atoms with Crippen molar-refractivity contribution in [2.45, 2.75) is 70.8 Å². The van der Waals surface area contributed by atoms with Gasteiger partial charge in [-0.3, -0.25) is 9.59 Å². The Morgan fingerprint density at radius 1 is 1.05 bits per heavy atom. The van der Waals surface area contributed by atoms with E-state index in [1.807, 2.05) is 11.8 Å². The maximum absolute atomic E-state index is 12.1. The summed E-state index contributed by atoms with van der Waals surface area (Å²) in [7, 11) is 0. The molecule has 0 atom stereocenters. The van der Waals surface area contributed by atoms with Crippen LogP contribution in [0.2, 0.25) is 0 Å². The summed E-state index contributed by atoms with van der Waals surface area (Å²) in [5, 5.41) is 0. The Balaban J connectivity index is 1.72. The van der Waals surface area contributed by atoms with Gasteiger partial charge in [0.2, 0.25) is 5.91 Å². The van der Waals surface area contributed by atoms with Crippen LogP contribution in [-0.4, -0.2) is 36.0 Å². The van der Waals surface area contributed by atoms with Gasteiger partial charge in [-0.2, -0.15) is 0 Å². The fourth-order valence-corrected chi connectivity index (χ4v) is 3.18. The fourth-order valence-electron chi connectivity index (χ4n) is 3.18. The third kappa shape index (κ3) is 4.22. The van der Waals surface area contributed by atoms with Crippen molar-refractivity contribution in [3.05, 3.63) is 0 Å². The Kier molecular flexibility index (Phi) is 5.86. The quantitative estimate of drug-likeness (QED) is 0.744. The van der Waals surface area contributed by atoms with Crippen molar-refractivity contribution >= 4 is 11.9 Å². The number of hydrogen-bond donors (Lipinski definition) is 0. The van der Waals surface area contributed by atoms with Crippen LogP contribution >= 0.6 is 0 Å². The normalized spacial score (nSPS) is 21.8. The summed E-state index contributed by atoms with van der Waals surface area (Å²) in [5.74, 6) is 0.202. The van der Waals surface area contributed by atoms with E-state index in [0.29, 0.717) is 19.5 Å². The molecule has 1 saturated heterocycles. The molecule has 0 N–H and O–H groups in total. The number of hydrogen-bond acceptors (Lipinski definition) is 3. The molecule has 1 aliphatic heterocycles. The van der Waals surface area contributed by atoms with Crippen LogP contribution < -0.4 is 0 Å². The minimum atomic E-state index is -0.0282. The standard InChI is InChI=1S/C16H27NO3/c1-2-6-15(18)17-11-9-13(10-12-17)16(19)20-14-7-4-3-5-8-14/h13-14H,2-12H2,1H3. The third-order valence-electron chi connectivity index (χ3n) is 4.48. The van der Waals surface area contributed by atoms with E-state index in [1.54, 1.807) is 0 Å². The molecule has 0 unspecified atom stereocenters. The number of ether oxygens (including phenoxy) is 1. The lowest BCUT2D eigenvalue weighted by Crippen LogP contribution is -2.41. The van der Waals surface area contributed by atoms with Crippen molar-refractivity contribution in [2.75, 3.05) is 13.1 Å². The fraction of sp³-hybridized carbons (Fsp3) is 0.875. The molecule has 0 radical (unpaired) electrons. The van der Waals surface area contributed by atoms with Crippen LogP contribution in [0.5, 0.6) is 0 Å². The van der Waals surface area contributed by atoms with E-state index in [2.05, 4.69) is 0 Å². The van der Waals surface area contributed by atoms with E-state index in [0.717, 1.165) is 32.1 Å². The van der Waals surface area contributed by atoms with Gasteiger partial charge in [0.25, 0.3) is 0 Å². The first-order chi connectivity index (χ1) is 9.70. The van der Waals surface area contributed by atoms with Crippen LogP contribution in [0.15, 0.2) is 0 Å². The molecule has 1 saturated carbocycles. The molecule has 4 nitrogen and oxygen atoms in total. The van der Waals surface area contributed by atoms with Crippen LogP contribution in [0.1, 0.15) is 64.7 Å². The summed E-state index contributed by atoms with van der Waals surface area (Å²) in [6.45, 7) is 3.44. The van der Waals surface area contributed by atoms with Gasteiger partial charge in [-0.15, -0.1) is 0 Å². The number of rotatable bonds is 4. The molecule has 1 amide bonds. The molecule has 0 spiro atoms. The molecule has 114 valence electrons. The van der Waals surface area contributed by atoms with Crippen molar-refractivity contribution in [1.82, 2.24) is 4.90 Å². The average Bonchev–Trinajstić information content (AvgIpc) is 2.48. The minimum Gasteiger partial charge on any atom is -0.462 e. The molecule has 2 fully saturated rings. The molecule has 0 aromatic rings. The molecule has 20 heavy (non-hydrogen) atoms. The maximum atomic E-state index is 12.1. The van der Waals surface area contributed by atoms with E-state index in [4.69, 9.17) is 4.74 Å². The largest absolute Gasteiger partial charge is 0.462 e. The number of amides is 1. The van der Waals surface area contributed by atoms with Crippen LogP contribution in [0, 0.1) is 5.92 Å². The zero-order valence-corrected chi connectivity index (χ0v) is 12.6. The molecule has 0 aromatic heterocycles. The molecule has 2 rings (SSSR count). The first kappa shape index (κ1) is 15.3. The maximum Gasteiger partial charge on any atom is 0.309 e. The van der Waals surface area contributed by atoms with Crippen molar-refractivity contribution in [2.24, 2.45) is 5.92 Å². The van der Waals surface area contributed by atoms with E-state index in [-0.39, 0.29) is 23.9 Å². The SMILES string of the molecule is CCCC(=O)N1CCC(C(=O)OC2CCCCC2)CC1. The first-order valence-corrected chi connectivity index (χ1v) is 8.19. The highest BCUT2D eigenvalue weighted by molar-refractivity contribution is 5.77. The van der Waals surface area contributed by atoms with Gasteiger partial charge in [0.15, 0.2) is 0 Å². The van der Waals surface area contributed by atoms with E-state index < -0.39 is 0 Å². The monoisotopic (exact) mass is 281 g/mol. The lowest BCUT2D eigenvalue weighted by Gasteiger charge is -2.32. The van der Waals surface area contributed by atoms with Gasteiger partial charge in [0, 0.05) is 19.5 Å². The zero-order chi connectivity index (χ0) is 14.4. The second-order valence-electron chi connectivity index (χ2n) is 6.10.